The Bertz CT molecular complexity index is 2080. The highest BCUT2D eigenvalue weighted by Gasteiger charge is 2.43. The van der Waals surface area contributed by atoms with Crippen LogP contribution in [0.1, 0.15) is 40.2 Å². The number of aryl methyl sites for hydroxylation is 2. The summed E-state index contributed by atoms with van der Waals surface area (Å²) in [4.78, 5) is 2.91. The Morgan fingerprint density at radius 1 is 0.630 bits per heavy atom. The lowest BCUT2D eigenvalue weighted by Crippen LogP contribution is -2.21. The topological polar surface area (TPSA) is 0 Å². The van der Waals surface area contributed by atoms with E-state index in [2.05, 4.69) is 165 Å². The number of thioether (sulfide) groups is 2. The van der Waals surface area contributed by atoms with Crippen LogP contribution >= 0.6 is 23.5 Å². The lowest BCUT2D eigenvalue weighted by Gasteiger charge is -2.26. The molecule has 2 heterocycles. The Hall–Kier alpha value is -3.98. The zero-order valence-electron chi connectivity index (χ0n) is 26.2. The molecule has 1 saturated heterocycles. The summed E-state index contributed by atoms with van der Waals surface area (Å²) >= 11 is 4.11. The molecule has 0 nitrogen and oxygen atoms in total. The molecule has 5 aliphatic rings. The molecule has 0 bridgehead atoms. The van der Waals surface area contributed by atoms with Crippen molar-refractivity contribution in [2.45, 2.75) is 41.6 Å². The van der Waals surface area contributed by atoms with E-state index in [1.54, 1.807) is 0 Å². The molecule has 3 aliphatic carbocycles. The Labute approximate surface area is 281 Å². The molecule has 4 unspecified atom stereocenters. The van der Waals surface area contributed by atoms with Crippen molar-refractivity contribution in [3.63, 3.8) is 0 Å². The van der Waals surface area contributed by atoms with Crippen molar-refractivity contribution >= 4 is 34.7 Å². The second kappa shape index (κ2) is 11.4. The first-order chi connectivity index (χ1) is 22.6. The molecule has 224 valence electrons. The minimum Gasteiger partial charge on any atom is -0.145 e. The molecule has 0 radical (unpaired) electrons. The van der Waals surface area contributed by atoms with Gasteiger partial charge in [0.05, 0.1) is 0 Å². The van der Waals surface area contributed by atoms with Crippen molar-refractivity contribution in [2.75, 3.05) is 0 Å². The molecule has 2 heteroatoms. The van der Waals surface area contributed by atoms with Crippen molar-refractivity contribution in [1.82, 2.24) is 0 Å². The summed E-state index contributed by atoms with van der Waals surface area (Å²) in [5.74, 6) is 1.63. The Morgan fingerprint density at radius 3 is 2.17 bits per heavy atom. The predicted molar refractivity (Wildman–Crippen MR) is 200 cm³/mol. The van der Waals surface area contributed by atoms with Crippen LogP contribution in [0.15, 0.2) is 149 Å². The minimum absolute atomic E-state index is 0.480. The summed E-state index contributed by atoms with van der Waals surface area (Å²) in [6.45, 7) is 4.48. The van der Waals surface area contributed by atoms with Gasteiger partial charge in [0.1, 0.15) is 0 Å². The maximum absolute atomic E-state index is 2.44. The average Bonchev–Trinajstić information content (AvgIpc) is 3.66. The lowest BCUT2D eigenvalue weighted by molar-refractivity contribution is 0.531. The minimum atomic E-state index is 0.480. The molecular formula is C44H36S2. The number of hydrogen-bond donors (Lipinski definition) is 0. The third-order valence-corrected chi connectivity index (χ3v) is 13.2. The molecule has 5 atom stereocenters. The highest BCUT2D eigenvalue weighted by Crippen LogP contribution is 2.55. The van der Waals surface area contributed by atoms with Gasteiger partial charge in [-0.15, -0.1) is 11.8 Å². The molecular weight excluding hydrogens is 593 g/mol. The second-order valence-electron chi connectivity index (χ2n) is 13.3. The fourth-order valence-corrected chi connectivity index (χ4v) is 11.3. The maximum atomic E-state index is 2.44. The van der Waals surface area contributed by atoms with Gasteiger partial charge in [-0.1, -0.05) is 127 Å². The first-order valence-corrected chi connectivity index (χ1v) is 18.3. The summed E-state index contributed by atoms with van der Waals surface area (Å²) in [5, 5.41) is 1.06. The molecule has 0 amide bonds. The quantitative estimate of drug-likeness (QED) is 0.221. The molecule has 0 aromatic heterocycles. The van der Waals surface area contributed by atoms with Crippen molar-refractivity contribution in [3.05, 3.63) is 172 Å². The van der Waals surface area contributed by atoms with Crippen LogP contribution < -0.4 is 0 Å². The van der Waals surface area contributed by atoms with Gasteiger partial charge in [0, 0.05) is 38.1 Å². The van der Waals surface area contributed by atoms with Gasteiger partial charge in [0.25, 0.3) is 0 Å². The van der Waals surface area contributed by atoms with Gasteiger partial charge in [-0.25, -0.2) is 0 Å². The Balaban J connectivity index is 1.06. The van der Waals surface area contributed by atoms with E-state index in [9.17, 15) is 0 Å². The van der Waals surface area contributed by atoms with Crippen LogP contribution in [0.3, 0.4) is 0 Å². The zero-order chi connectivity index (χ0) is 30.8. The molecule has 9 rings (SSSR count). The maximum Gasteiger partial charge on any atom is 0.0378 e. The number of fused-ring (bicyclic) bond motifs is 6. The van der Waals surface area contributed by atoms with Crippen molar-refractivity contribution in [3.8, 4) is 22.3 Å². The number of benzene rings is 4. The normalized spacial score (nSPS) is 25.3. The molecule has 0 N–H and O–H groups in total. The summed E-state index contributed by atoms with van der Waals surface area (Å²) in [5.41, 5.74) is 14.7. The van der Waals surface area contributed by atoms with Crippen LogP contribution in [0.5, 0.6) is 0 Å². The molecule has 0 saturated carbocycles. The summed E-state index contributed by atoms with van der Waals surface area (Å²) in [7, 11) is 0. The molecule has 4 aromatic rings. The largest absolute Gasteiger partial charge is 0.145 e. The van der Waals surface area contributed by atoms with Crippen LogP contribution in [0, 0.1) is 25.7 Å². The standard InChI is InChI=1S/C44H36S2/c1-27-20-31(25-33(22-27)35-14-8-16-39-37-12-3-5-18-41(37)45-43(35)39)29-10-7-11-30(24-29)32-21-28(2)23-34(26-32)36-15-9-17-40-38-13-4-6-19-42(38)46-44(36)40/h3-16,18-26,37,39-41,43H,17H2,1-2H3/t37?,39-,40?,41?,43?/m1/s1. The molecule has 46 heavy (non-hydrogen) atoms. The highest BCUT2D eigenvalue weighted by atomic mass is 32.2. The van der Waals surface area contributed by atoms with Gasteiger partial charge in [0.2, 0.25) is 0 Å². The van der Waals surface area contributed by atoms with Gasteiger partial charge in [-0.2, -0.15) is 0 Å². The third kappa shape index (κ3) is 4.86. The van der Waals surface area contributed by atoms with E-state index in [0.717, 1.165) is 6.42 Å². The second-order valence-corrected chi connectivity index (χ2v) is 15.7. The van der Waals surface area contributed by atoms with Crippen molar-refractivity contribution in [1.29, 1.82) is 0 Å². The Morgan fingerprint density at radius 2 is 1.33 bits per heavy atom. The monoisotopic (exact) mass is 628 g/mol. The van der Waals surface area contributed by atoms with Crippen LogP contribution in [-0.4, -0.2) is 10.5 Å². The molecule has 0 spiro atoms. The van der Waals surface area contributed by atoms with E-state index >= 15 is 0 Å². The van der Waals surface area contributed by atoms with E-state index < -0.39 is 0 Å². The average molecular weight is 629 g/mol. The fraction of sp³-hybridized carbons (Fsp3) is 0.182. The van der Waals surface area contributed by atoms with E-state index in [4.69, 9.17) is 0 Å². The van der Waals surface area contributed by atoms with E-state index in [-0.39, 0.29) is 0 Å². The molecule has 4 aromatic carbocycles. The lowest BCUT2D eigenvalue weighted by atomic mass is 9.78. The first-order valence-electron chi connectivity index (χ1n) is 16.5. The van der Waals surface area contributed by atoms with Gasteiger partial charge < -0.3 is 0 Å². The summed E-state index contributed by atoms with van der Waals surface area (Å²) in [6, 6.07) is 32.4. The predicted octanol–water partition coefficient (Wildman–Crippen LogP) is 12.0. The van der Waals surface area contributed by atoms with E-state index in [1.165, 1.54) is 71.0 Å². The van der Waals surface area contributed by atoms with Gasteiger partial charge in [-0.3, -0.25) is 0 Å². The smallest absolute Gasteiger partial charge is 0.0378 e. The first kappa shape index (κ1) is 28.3. The van der Waals surface area contributed by atoms with Gasteiger partial charge in [-0.05, 0) is 106 Å². The van der Waals surface area contributed by atoms with Crippen LogP contribution in [0.4, 0.5) is 0 Å². The van der Waals surface area contributed by atoms with E-state index in [1.807, 2.05) is 11.8 Å². The van der Waals surface area contributed by atoms with Crippen LogP contribution in [0.25, 0.3) is 33.4 Å². The Kier molecular flexibility index (Phi) is 6.98. The fourth-order valence-electron chi connectivity index (χ4n) is 8.11. The van der Waals surface area contributed by atoms with Gasteiger partial charge >= 0.3 is 0 Å². The summed E-state index contributed by atoms with van der Waals surface area (Å²) in [6.07, 6.45) is 22.2. The van der Waals surface area contributed by atoms with E-state index in [0.29, 0.717) is 28.3 Å². The van der Waals surface area contributed by atoms with Crippen LogP contribution in [0.2, 0.25) is 0 Å². The summed E-state index contributed by atoms with van der Waals surface area (Å²) < 4.78 is 0. The van der Waals surface area contributed by atoms with Crippen molar-refractivity contribution in [2.24, 2.45) is 11.8 Å². The third-order valence-electron chi connectivity index (χ3n) is 10.2. The number of hydrogen-bond acceptors (Lipinski definition) is 2. The SMILES string of the molecule is Cc1cc(C2=CC=C[C@H]3C2SC2C=CC=CC23)cc(-c2cccc(-c3cc(C)cc(C4=C5Sc6ccccc6C5CC=C4)c3)c2)c1. The van der Waals surface area contributed by atoms with Gasteiger partial charge in [0.15, 0.2) is 0 Å². The van der Waals surface area contributed by atoms with Crippen molar-refractivity contribution < 1.29 is 0 Å². The highest BCUT2D eigenvalue weighted by molar-refractivity contribution is 8.03. The zero-order valence-corrected chi connectivity index (χ0v) is 27.8. The number of allylic oxidation sites excluding steroid dienone is 10. The number of rotatable bonds is 4. The molecule has 1 fully saturated rings. The van der Waals surface area contributed by atoms with Crippen LogP contribution in [-0.2, 0) is 0 Å². The molecule has 2 aliphatic heterocycles.